The van der Waals surface area contributed by atoms with Crippen molar-refractivity contribution in [2.24, 2.45) is 4.99 Å². The van der Waals surface area contributed by atoms with Crippen LogP contribution in [0.15, 0.2) is 60.1 Å². The predicted molar refractivity (Wildman–Crippen MR) is 111 cm³/mol. The molecule has 1 atom stereocenters. The summed E-state index contributed by atoms with van der Waals surface area (Å²) in [6.45, 7) is 5.87. The van der Waals surface area contributed by atoms with Crippen LogP contribution in [0.25, 0.3) is 0 Å². The fourth-order valence-electron chi connectivity index (χ4n) is 2.79. The zero-order valence-electron chi connectivity index (χ0n) is 15.7. The van der Waals surface area contributed by atoms with Crippen LogP contribution < -0.4 is 5.32 Å². The molecule has 0 saturated carbocycles. The number of amidine groups is 1. The molecular weight excluding hydrogens is 396 g/mol. The average molecular weight is 415 g/mol. The highest BCUT2D eigenvalue weighted by atomic mass is 32.2. The number of carbonyl (C=O) groups excluding carboxylic acids is 2. The molecule has 0 bridgehead atoms. The van der Waals surface area contributed by atoms with Crippen LogP contribution >= 0.6 is 11.8 Å². The van der Waals surface area contributed by atoms with Gasteiger partial charge in [-0.2, -0.15) is 0 Å². The molecule has 0 radical (unpaired) electrons. The Balaban J connectivity index is 1.75. The average Bonchev–Trinajstić information content (AvgIpc) is 2.93. The summed E-state index contributed by atoms with van der Waals surface area (Å²) in [7, 11) is 0. The molecule has 2 aromatic rings. The molecule has 5 nitrogen and oxygen atoms in total. The third-order valence-corrected chi connectivity index (χ3v) is 5.31. The largest absolute Gasteiger partial charge is 0.324 e. The van der Waals surface area contributed by atoms with Crippen molar-refractivity contribution < 1.29 is 18.4 Å². The Bertz CT molecular complexity index is 994. The summed E-state index contributed by atoms with van der Waals surface area (Å²) in [5.74, 6) is -2.43. The van der Waals surface area contributed by atoms with Gasteiger partial charge in [-0.25, -0.2) is 13.8 Å². The van der Waals surface area contributed by atoms with E-state index in [1.165, 1.54) is 16.7 Å². The SMILES string of the molecule is C=CCN1C(=O)C(CC(=O)Nc2ccc(F)cc2F)SC1=Nc1cccc(C)c1. The molecule has 1 heterocycles. The van der Waals surface area contributed by atoms with E-state index >= 15 is 0 Å². The van der Waals surface area contributed by atoms with Crippen molar-refractivity contribution in [2.45, 2.75) is 18.6 Å². The van der Waals surface area contributed by atoms with Crippen LogP contribution in [0, 0.1) is 18.6 Å². The van der Waals surface area contributed by atoms with E-state index in [1.54, 1.807) is 6.08 Å². The Morgan fingerprint density at radius 3 is 2.79 bits per heavy atom. The van der Waals surface area contributed by atoms with Gasteiger partial charge in [0.15, 0.2) is 5.17 Å². The van der Waals surface area contributed by atoms with Gasteiger partial charge in [0, 0.05) is 19.0 Å². The van der Waals surface area contributed by atoms with Gasteiger partial charge in [-0.3, -0.25) is 14.5 Å². The number of nitrogens with zero attached hydrogens (tertiary/aromatic N) is 2. The van der Waals surface area contributed by atoms with Gasteiger partial charge < -0.3 is 5.32 Å². The molecule has 1 N–H and O–H groups in total. The fraction of sp³-hybridized carbons (Fsp3) is 0.190. The Hall–Kier alpha value is -3.00. The number of thioether (sulfide) groups is 1. The number of benzene rings is 2. The molecule has 1 aliphatic heterocycles. The van der Waals surface area contributed by atoms with Crippen molar-refractivity contribution in [2.75, 3.05) is 11.9 Å². The third kappa shape index (κ3) is 5.08. The molecule has 150 valence electrons. The maximum Gasteiger partial charge on any atom is 0.242 e. The standard InChI is InChI=1S/C21H19F2N3O2S/c1-3-9-26-20(28)18(29-21(26)24-15-6-4-5-13(2)10-15)12-19(27)25-17-8-7-14(22)11-16(17)23/h3-8,10-11,18H,1,9,12H2,2H3,(H,25,27). The normalized spacial score (nSPS) is 17.6. The first-order valence-corrected chi connectivity index (χ1v) is 9.74. The molecule has 0 aromatic heterocycles. The number of rotatable bonds is 6. The number of aliphatic imine (C=N–C) groups is 1. The number of anilines is 1. The topological polar surface area (TPSA) is 61.8 Å². The number of hydrogen-bond acceptors (Lipinski definition) is 4. The van der Waals surface area contributed by atoms with E-state index in [0.717, 1.165) is 17.7 Å². The van der Waals surface area contributed by atoms with Gasteiger partial charge >= 0.3 is 0 Å². The summed E-state index contributed by atoms with van der Waals surface area (Å²) in [6, 6.07) is 10.4. The second-order valence-corrected chi connectivity index (χ2v) is 7.62. The van der Waals surface area contributed by atoms with Gasteiger partial charge in [0.1, 0.15) is 16.9 Å². The molecule has 1 unspecified atom stereocenters. The van der Waals surface area contributed by atoms with Gasteiger partial charge in [0.2, 0.25) is 11.8 Å². The number of aryl methyl sites for hydroxylation is 1. The summed E-state index contributed by atoms with van der Waals surface area (Å²) < 4.78 is 26.7. The molecule has 2 aromatic carbocycles. The number of amides is 2. The highest BCUT2D eigenvalue weighted by molar-refractivity contribution is 8.15. The second-order valence-electron chi connectivity index (χ2n) is 6.45. The van der Waals surface area contributed by atoms with Gasteiger partial charge in [-0.15, -0.1) is 6.58 Å². The van der Waals surface area contributed by atoms with E-state index in [-0.39, 0.29) is 24.6 Å². The summed E-state index contributed by atoms with van der Waals surface area (Å²) in [4.78, 5) is 31.1. The molecule has 1 fully saturated rings. The van der Waals surface area contributed by atoms with Gasteiger partial charge in [-0.05, 0) is 36.8 Å². The van der Waals surface area contributed by atoms with Crippen LogP contribution in [-0.2, 0) is 9.59 Å². The van der Waals surface area contributed by atoms with Crippen molar-refractivity contribution in [1.82, 2.24) is 4.90 Å². The number of halogens is 2. The predicted octanol–water partition coefficient (Wildman–Crippen LogP) is 4.42. The number of carbonyl (C=O) groups is 2. The molecule has 1 saturated heterocycles. The maximum absolute atomic E-state index is 13.7. The Morgan fingerprint density at radius 1 is 1.31 bits per heavy atom. The lowest BCUT2D eigenvalue weighted by molar-refractivity contribution is -0.127. The first-order valence-electron chi connectivity index (χ1n) is 8.86. The van der Waals surface area contributed by atoms with Crippen molar-refractivity contribution in [1.29, 1.82) is 0 Å². The number of nitrogens with one attached hydrogen (secondary N) is 1. The first-order chi connectivity index (χ1) is 13.9. The molecule has 8 heteroatoms. The number of hydrogen-bond donors (Lipinski definition) is 1. The minimum Gasteiger partial charge on any atom is -0.324 e. The molecule has 3 rings (SSSR count). The molecular formula is C21H19F2N3O2S. The van der Waals surface area contributed by atoms with E-state index < -0.39 is 22.8 Å². The molecule has 0 aliphatic carbocycles. The minimum absolute atomic E-state index is 0.136. The van der Waals surface area contributed by atoms with E-state index in [4.69, 9.17) is 0 Å². The van der Waals surface area contributed by atoms with Crippen molar-refractivity contribution in [3.8, 4) is 0 Å². The quantitative estimate of drug-likeness (QED) is 0.711. The van der Waals surface area contributed by atoms with E-state index in [2.05, 4.69) is 16.9 Å². The lowest BCUT2D eigenvalue weighted by Gasteiger charge is -2.14. The summed E-state index contributed by atoms with van der Waals surface area (Å²) in [5.41, 5.74) is 1.60. The van der Waals surface area contributed by atoms with E-state index in [9.17, 15) is 18.4 Å². The van der Waals surface area contributed by atoms with E-state index in [0.29, 0.717) is 16.9 Å². The van der Waals surface area contributed by atoms with E-state index in [1.807, 2.05) is 31.2 Å². The molecule has 1 aliphatic rings. The highest BCUT2D eigenvalue weighted by Crippen LogP contribution is 2.32. The van der Waals surface area contributed by atoms with Crippen LogP contribution in [0.1, 0.15) is 12.0 Å². The van der Waals surface area contributed by atoms with Crippen molar-refractivity contribution in [3.63, 3.8) is 0 Å². The molecule has 29 heavy (non-hydrogen) atoms. The summed E-state index contributed by atoms with van der Waals surface area (Å²) in [5, 5.41) is 2.16. The Kier molecular flexibility index (Phi) is 6.43. The lowest BCUT2D eigenvalue weighted by Crippen LogP contribution is -2.33. The minimum atomic E-state index is -0.876. The zero-order chi connectivity index (χ0) is 21.0. The summed E-state index contributed by atoms with van der Waals surface area (Å²) >= 11 is 1.18. The first kappa shape index (κ1) is 20.7. The summed E-state index contributed by atoms with van der Waals surface area (Å²) in [6.07, 6.45) is 1.42. The smallest absolute Gasteiger partial charge is 0.242 e. The van der Waals surface area contributed by atoms with Crippen molar-refractivity contribution >= 4 is 40.1 Å². The van der Waals surface area contributed by atoms with Crippen molar-refractivity contribution in [3.05, 3.63) is 72.3 Å². The molecule has 2 amide bonds. The van der Waals surface area contributed by atoms with Crippen LogP contribution in [0.4, 0.5) is 20.2 Å². The van der Waals surface area contributed by atoms with Crippen LogP contribution in [0.5, 0.6) is 0 Å². The fourth-order valence-corrected chi connectivity index (χ4v) is 3.96. The van der Waals surface area contributed by atoms with Gasteiger partial charge in [-0.1, -0.05) is 30.0 Å². The second kappa shape index (κ2) is 9.00. The van der Waals surface area contributed by atoms with Gasteiger partial charge in [0.25, 0.3) is 0 Å². The Labute approximate surface area is 171 Å². The molecule has 0 spiro atoms. The Morgan fingerprint density at radius 2 is 2.10 bits per heavy atom. The lowest BCUT2D eigenvalue weighted by atomic mass is 10.2. The zero-order valence-corrected chi connectivity index (χ0v) is 16.5. The van der Waals surface area contributed by atoms with Crippen LogP contribution in [0.2, 0.25) is 0 Å². The monoisotopic (exact) mass is 415 g/mol. The third-order valence-electron chi connectivity index (χ3n) is 4.13. The maximum atomic E-state index is 13.7. The highest BCUT2D eigenvalue weighted by Gasteiger charge is 2.38. The van der Waals surface area contributed by atoms with Gasteiger partial charge in [0.05, 0.1) is 11.4 Å². The van der Waals surface area contributed by atoms with Crippen LogP contribution in [0.3, 0.4) is 0 Å². The van der Waals surface area contributed by atoms with Crippen LogP contribution in [-0.4, -0.2) is 33.7 Å².